The van der Waals surface area contributed by atoms with Gasteiger partial charge in [0, 0.05) is 41.2 Å². The number of nitro groups is 1. The molecule has 8 nitrogen and oxygen atoms in total. The highest BCUT2D eigenvalue weighted by atomic mass is 32.1. The molecule has 0 radical (unpaired) electrons. The first kappa shape index (κ1) is 21.4. The number of rotatable bonds is 7. The molecule has 0 saturated heterocycles. The van der Waals surface area contributed by atoms with Gasteiger partial charge in [0.1, 0.15) is 17.0 Å². The molecule has 0 fully saturated rings. The van der Waals surface area contributed by atoms with E-state index in [-0.39, 0.29) is 18.0 Å². The second kappa shape index (κ2) is 9.11. The van der Waals surface area contributed by atoms with Crippen LogP contribution in [0.2, 0.25) is 0 Å². The minimum Gasteiger partial charge on any atom is -0.369 e. The van der Waals surface area contributed by atoms with Gasteiger partial charge in [-0.25, -0.2) is 9.97 Å². The Morgan fingerprint density at radius 1 is 1.12 bits per heavy atom. The quantitative estimate of drug-likeness (QED) is 0.293. The van der Waals surface area contributed by atoms with Crippen LogP contribution in [-0.2, 0) is 4.79 Å². The van der Waals surface area contributed by atoms with Gasteiger partial charge in [-0.15, -0.1) is 11.3 Å². The fourth-order valence-electron chi connectivity index (χ4n) is 3.46. The fraction of sp³-hybridized carbons (Fsp3) is 0.174. The summed E-state index contributed by atoms with van der Waals surface area (Å²) < 4.78 is 0. The molecule has 4 rings (SSSR count). The molecule has 9 heteroatoms. The average Bonchev–Trinajstić information content (AvgIpc) is 3.11. The Morgan fingerprint density at radius 3 is 2.66 bits per heavy atom. The molecular weight excluding hydrogens is 426 g/mol. The monoisotopic (exact) mass is 447 g/mol. The number of nitro benzene ring substituents is 1. The average molecular weight is 448 g/mol. The van der Waals surface area contributed by atoms with Crippen molar-refractivity contribution in [1.82, 2.24) is 9.97 Å². The highest BCUT2D eigenvalue weighted by Gasteiger charge is 2.17. The number of hydrogen-bond acceptors (Lipinski definition) is 7. The molecule has 0 unspecified atom stereocenters. The number of aromatic nitrogens is 2. The van der Waals surface area contributed by atoms with Crippen LogP contribution in [-0.4, -0.2) is 27.3 Å². The second-order valence-electron chi connectivity index (χ2n) is 7.33. The largest absolute Gasteiger partial charge is 0.369 e. The number of nitrogens with one attached hydrogen (secondary N) is 2. The number of anilines is 2. The highest BCUT2D eigenvalue weighted by molar-refractivity contribution is 7.19. The molecule has 0 bridgehead atoms. The number of benzene rings is 2. The second-order valence-corrected chi connectivity index (χ2v) is 8.54. The van der Waals surface area contributed by atoms with E-state index < -0.39 is 4.92 Å². The summed E-state index contributed by atoms with van der Waals surface area (Å²) >= 11 is 1.61. The maximum Gasteiger partial charge on any atom is 0.271 e. The summed E-state index contributed by atoms with van der Waals surface area (Å²) in [7, 11) is 0. The van der Waals surface area contributed by atoms with Gasteiger partial charge in [0.05, 0.1) is 10.3 Å². The smallest absolute Gasteiger partial charge is 0.271 e. The zero-order valence-corrected chi connectivity index (χ0v) is 18.4. The molecule has 0 aliphatic heterocycles. The van der Waals surface area contributed by atoms with E-state index in [1.807, 2.05) is 0 Å². The van der Waals surface area contributed by atoms with E-state index >= 15 is 0 Å². The topological polar surface area (TPSA) is 110 Å². The van der Waals surface area contributed by atoms with Crippen LogP contribution in [0, 0.1) is 24.0 Å². The van der Waals surface area contributed by atoms with Gasteiger partial charge in [-0.2, -0.15) is 0 Å². The van der Waals surface area contributed by atoms with E-state index in [0.717, 1.165) is 26.2 Å². The molecule has 1 amide bonds. The first-order chi connectivity index (χ1) is 15.4. The minimum absolute atomic E-state index is 0.0687. The number of hydrogen-bond donors (Lipinski definition) is 2. The van der Waals surface area contributed by atoms with Crippen LogP contribution >= 0.6 is 11.3 Å². The number of amides is 1. The summed E-state index contributed by atoms with van der Waals surface area (Å²) in [5.41, 5.74) is 3.70. The first-order valence-corrected chi connectivity index (χ1v) is 10.8. The standard InChI is InChI=1S/C23H21N5O3S/c1-14-6-8-16(9-7-14)20-15(2)32-23-21(20)22(25-13-26-23)24-11-10-19(29)27-17-4-3-5-18(12-17)28(30)31/h3-9,12-13H,10-11H2,1-2H3,(H,27,29)(H,24,25,26). The molecule has 0 atom stereocenters. The predicted octanol–water partition coefficient (Wildman–Crippen LogP) is 5.32. The van der Waals surface area contributed by atoms with Crippen LogP contribution in [0.3, 0.4) is 0 Å². The predicted molar refractivity (Wildman–Crippen MR) is 127 cm³/mol. The van der Waals surface area contributed by atoms with Crippen LogP contribution < -0.4 is 10.6 Å². The zero-order chi connectivity index (χ0) is 22.7. The molecule has 2 heterocycles. The number of nitrogens with zero attached hydrogens (tertiary/aromatic N) is 3. The van der Waals surface area contributed by atoms with Crippen LogP contribution in [0.1, 0.15) is 16.9 Å². The third-order valence-corrected chi connectivity index (χ3v) is 6.00. The van der Waals surface area contributed by atoms with Gasteiger partial charge in [0.25, 0.3) is 5.69 Å². The molecule has 0 aliphatic rings. The van der Waals surface area contributed by atoms with Crippen molar-refractivity contribution in [2.75, 3.05) is 17.2 Å². The SMILES string of the molecule is Cc1ccc(-c2c(C)sc3ncnc(NCCC(=O)Nc4cccc([N+](=O)[O-])c4)c23)cc1. The Kier molecular flexibility index (Phi) is 6.09. The Balaban J connectivity index is 1.49. The van der Waals surface area contributed by atoms with Gasteiger partial charge < -0.3 is 10.6 Å². The normalized spacial score (nSPS) is 10.8. The van der Waals surface area contributed by atoms with Crippen LogP contribution in [0.4, 0.5) is 17.2 Å². The van der Waals surface area contributed by atoms with Crippen LogP contribution in [0.25, 0.3) is 21.3 Å². The lowest BCUT2D eigenvalue weighted by Gasteiger charge is -2.10. The summed E-state index contributed by atoms with van der Waals surface area (Å²) in [6.07, 6.45) is 1.69. The van der Waals surface area contributed by atoms with Crippen molar-refractivity contribution in [3.8, 4) is 11.1 Å². The van der Waals surface area contributed by atoms with Gasteiger partial charge in [-0.1, -0.05) is 35.9 Å². The number of non-ortho nitro benzene ring substituents is 1. The fourth-order valence-corrected chi connectivity index (χ4v) is 4.47. The van der Waals surface area contributed by atoms with E-state index in [4.69, 9.17) is 0 Å². The molecular formula is C23H21N5O3S. The van der Waals surface area contributed by atoms with E-state index in [0.29, 0.717) is 18.1 Å². The highest BCUT2D eigenvalue weighted by Crippen LogP contribution is 2.40. The van der Waals surface area contributed by atoms with Crippen LogP contribution in [0.5, 0.6) is 0 Å². The van der Waals surface area contributed by atoms with Crippen molar-refractivity contribution in [1.29, 1.82) is 0 Å². The molecule has 2 N–H and O–H groups in total. The summed E-state index contributed by atoms with van der Waals surface area (Å²) in [5, 5.41) is 17.8. The summed E-state index contributed by atoms with van der Waals surface area (Å²) in [5.74, 6) is 0.432. The molecule has 162 valence electrons. The molecule has 0 aliphatic carbocycles. The summed E-state index contributed by atoms with van der Waals surface area (Å²) in [6.45, 7) is 4.48. The van der Waals surface area contributed by atoms with Crippen molar-refractivity contribution in [2.24, 2.45) is 0 Å². The maximum atomic E-state index is 12.3. The Labute approximate surface area is 188 Å². The van der Waals surface area contributed by atoms with Crippen LogP contribution in [0.15, 0.2) is 54.9 Å². The lowest BCUT2D eigenvalue weighted by atomic mass is 10.0. The third kappa shape index (κ3) is 4.57. The van der Waals surface area contributed by atoms with Gasteiger partial charge >= 0.3 is 0 Å². The number of carbonyl (C=O) groups is 1. The Bertz CT molecular complexity index is 1300. The van der Waals surface area contributed by atoms with E-state index in [9.17, 15) is 14.9 Å². The van der Waals surface area contributed by atoms with E-state index in [1.165, 1.54) is 30.1 Å². The third-order valence-electron chi connectivity index (χ3n) is 4.99. The molecule has 32 heavy (non-hydrogen) atoms. The Hall–Kier alpha value is -3.85. The number of thiophene rings is 1. The van der Waals surface area contributed by atoms with Gasteiger partial charge in [0.15, 0.2) is 0 Å². The number of fused-ring (bicyclic) bond motifs is 1. The first-order valence-electron chi connectivity index (χ1n) is 10.0. The number of aryl methyl sites for hydroxylation is 2. The molecule has 0 spiro atoms. The van der Waals surface area contributed by atoms with Crippen molar-refractivity contribution >= 4 is 44.7 Å². The summed E-state index contributed by atoms with van der Waals surface area (Å²) in [4.78, 5) is 33.6. The van der Waals surface area contributed by atoms with Gasteiger partial charge in [0.2, 0.25) is 5.91 Å². The van der Waals surface area contributed by atoms with Crippen molar-refractivity contribution in [3.05, 3.63) is 75.4 Å². The van der Waals surface area contributed by atoms with Crippen molar-refractivity contribution < 1.29 is 9.72 Å². The Morgan fingerprint density at radius 2 is 1.91 bits per heavy atom. The van der Waals surface area contributed by atoms with Crippen molar-refractivity contribution in [3.63, 3.8) is 0 Å². The zero-order valence-electron chi connectivity index (χ0n) is 17.6. The molecule has 0 saturated carbocycles. The van der Waals surface area contributed by atoms with Gasteiger partial charge in [-0.05, 0) is 25.5 Å². The molecule has 2 aromatic carbocycles. The molecule has 4 aromatic rings. The lowest BCUT2D eigenvalue weighted by molar-refractivity contribution is -0.384. The molecule has 2 aromatic heterocycles. The van der Waals surface area contributed by atoms with Gasteiger partial charge in [-0.3, -0.25) is 14.9 Å². The lowest BCUT2D eigenvalue weighted by Crippen LogP contribution is -2.16. The minimum atomic E-state index is -0.494. The maximum absolute atomic E-state index is 12.3. The number of carbonyl (C=O) groups excluding carboxylic acids is 1. The summed E-state index contributed by atoms with van der Waals surface area (Å²) in [6, 6.07) is 14.2. The van der Waals surface area contributed by atoms with Crippen molar-refractivity contribution in [2.45, 2.75) is 20.3 Å². The van der Waals surface area contributed by atoms with E-state index in [1.54, 1.807) is 17.4 Å². The van der Waals surface area contributed by atoms with E-state index in [2.05, 4.69) is 58.7 Å².